The van der Waals surface area contributed by atoms with Crippen molar-refractivity contribution in [2.24, 2.45) is 11.8 Å². The number of carboxylic acid groups (broad SMARTS) is 1. The summed E-state index contributed by atoms with van der Waals surface area (Å²) < 4.78 is 0. The second kappa shape index (κ2) is 6.46. The molecule has 0 spiro atoms. The van der Waals surface area contributed by atoms with Gasteiger partial charge in [0, 0.05) is 12.6 Å². The molecule has 20 heavy (non-hydrogen) atoms. The Morgan fingerprint density at radius 3 is 2.45 bits per heavy atom. The first-order chi connectivity index (χ1) is 9.47. The van der Waals surface area contributed by atoms with Crippen molar-refractivity contribution in [2.75, 3.05) is 6.54 Å². The number of carbonyl (C=O) groups is 2. The number of urea groups is 1. The molecule has 5 heteroatoms. The quantitative estimate of drug-likeness (QED) is 0.817. The molecule has 2 rings (SSSR count). The third kappa shape index (κ3) is 3.64. The molecular formula is C15H26N2O3. The Hall–Kier alpha value is -1.26. The molecule has 1 aliphatic heterocycles. The number of hydrogen-bond donors (Lipinski definition) is 2. The number of carbonyl (C=O) groups excluding carboxylic acids is 1. The summed E-state index contributed by atoms with van der Waals surface area (Å²) in [5.74, 6) is 0.129. The lowest BCUT2D eigenvalue weighted by atomic mass is 9.87. The summed E-state index contributed by atoms with van der Waals surface area (Å²) in [6, 6.07) is -0.650. The molecule has 0 radical (unpaired) electrons. The molecule has 2 fully saturated rings. The molecule has 5 nitrogen and oxygen atoms in total. The van der Waals surface area contributed by atoms with E-state index in [2.05, 4.69) is 12.2 Å². The molecule has 4 unspecified atom stereocenters. The van der Waals surface area contributed by atoms with Crippen LogP contribution in [0.25, 0.3) is 0 Å². The first-order valence-corrected chi connectivity index (χ1v) is 7.77. The average Bonchev–Trinajstić information content (AvgIpc) is 2.38. The third-order valence-electron chi connectivity index (χ3n) is 4.67. The number of likely N-dealkylation sites (tertiary alicyclic amines) is 1. The van der Waals surface area contributed by atoms with Crippen molar-refractivity contribution in [3.63, 3.8) is 0 Å². The van der Waals surface area contributed by atoms with Gasteiger partial charge in [-0.2, -0.15) is 0 Å². The predicted molar refractivity (Wildman–Crippen MR) is 76.5 cm³/mol. The summed E-state index contributed by atoms with van der Waals surface area (Å²) in [5, 5.41) is 12.3. The Morgan fingerprint density at radius 1 is 1.10 bits per heavy atom. The highest BCUT2D eigenvalue weighted by atomic mass is 16.4. The van der Waals surface area contributed by atoms with Crippen molar-refractivity contribution in [3.05, 3.63) is 0 Å². The molecule has 4 atom stereocenters. The second-order valence-electron chi connectivity index (χ2n) is 6.60. The summed E-state index contributed by atoms with van der Waals surface area (Å²) in [7, 11) is 0. The van der Waals surface area contributed by atoms with Crippen LogP contribution in [0.1, 0.15) is 52.4 Å². The van der Waals surface area contributed by atoms with Crippen LogP contribution in [0, 0.1) is 11.8 Å². The van der Waals surface area contributed by atoms with Crippen LogP contribution < -0.4 is 5.32 Å². The molecular weight excluding hydrogens is 256 g/mol. The van der Waals surface area contributed by atoms with Crippen LogP contribution in [0.5, 0.6) is 0 Å². The Bertz CT molecular complexity index is 372. The molecule has 1 saturated heterocycles. The van der Waals surface area contributed by atoms with Gasteiger partial charge in [-0.3, -0.25) is 0 Å². The van der Waals surface area contributed by atoms with E-state index in [0.717, 1.165) is 25.7 Å². The van der Waals surface area contributed by atoms with Crippen LogP contribution in [0.3, 0.4) is 0 Å². The van der Waals surface area contributed by atoms with Crippen LogP contribution in [-0.2, 0) is 4.79 Å². The molecule has 2 aliphatic rings. The highest BCUT2D eigenvalue weighted by molar-refractivity contribution is 5.83. The van der Waals surface area contributed by atoms with Crippen molar-refractivity contribution < 1.29 is 14.7 Å². The lowest BCUT2D eigenvalue weighted by molar-refractivity contribution is -0.143. The zero-order valence-electron chi connectivity index (χ0n) is 12.5. The Morgan fingerprint density at radius 2 is 1.80 bits per heavy atom. The number of rotatable bonds is 2. The first kappa shape index (κ1) is 15.1. The Balaban J connectivity index is 1.94. The van der Waals surface area contributed by atoms with Gasteiger partial charge in [0.25, 0.3) is 0 Å². The molecule has 0 bridgehead atoms. The molecule has 0 aromatic carbocycles. The number of nitrogens with one attached hydrogen (secondary N) is 1. The summed E-state index contributed by atoms with van der Waals surface area (Å²) in [6.07, 6.45) is 5.84. The number of aliphatic carboxylic acids is 1. The standard InChI is InChI=1S/C15H26N2O3/c1-10-4-3-5-12(8-10)16-15(20)17-7-6-11(2)9-13(17)14(18)19/h10-13H,3-9H2,1-2H3,(H,16,20)(H,18,19). The van der Waals surface area contributed by atoms with Crippen molar-refractivity contribution in [2.45, 2.75) is 64.5 Å². The first-order valence-electron chi connectivity index (χ1n) is 7.77. The molecule has 0 aromatic heterocycles. The van der Waals surface area contributed by atoms with Crippen LogP contribution in [0.4, 0.5) is 4.79 Å². The molecule has 1 heterocycles. The van der Waals surface area contributed by atoms with E-state index in [1.165, 1.54) is 11.3 Å². The van der Waals surface area contributed by atoms with Gasteiger partial charge in [0.1, 0.15) is 6.04 Å². The topological polar surface area (TPSA) is 69.6 Å². The van der Waals surface area contributed by atoms with E-state index in [0.29, 0.717) is 24.8 Å². The smallest absolute Gasteiger partial charge is 0.326 e. The van der Waals surface area contributed by atoms with E-state index < -0.39 is 12.0 Å². The third-order valence-corrected chi connectivity index (χ3v) is 4.67. The van der Waals surface area contributed by atoms with Crippen molar-refractivity contribution in [1.82, 2.24) is 10.2 Å². The van der Waals surface area contributed by atoms with Crippen LogP contribution in [0.2, 0.25) is 0 Å². The maximum atomic E-state index is 12.3. The van der Waals surface area contributed by atoms with Gasteiger partial charge in [0.05, 0.1) is 0 Å². The number of amides is 2. The molecule has 1 aliphatic carbocycles. The Labute approximate surface area is 120 Å². The normalized spacial score (nSPS) is 34.6. The van der Waals surface area contributed by atoms with Gasteiger partial charge in [-0.15, -0.1) is 0 Å². The zero-order chi connectivity index (χ0) is 14.7. The van der Waals surface area contributed by atoms with Crippen molar-refractivity contribution in [3.8, 4) is 0 Å². The summed E-state index contributed by atoms with van der Waals surface area (Å²) in [6.45, 7) is 4.81. The minimum Gasteiger partial charge on any atom is -0.480 e. The highest BCUT2D eigenvalue weighted by Crippen LogP contribution is 2.25. The molecule has 114 valence electrons. The SMILES string of the molecule is CC1CCCC(NC(=O)N2CCC(C)CC2C(=O)O)C1. The number of piperidine rings is 1. The van der Waals surface area contributed by atoms with Gasteiger partial charge < -0.3 is 15.3 Å². The fourth-order valence-electron chi connectivity index (χ4n) is 3.44. The number of carboxylic acids is 1. The van der Waals surface area contributed by atoms with E-state index in [4.69, 9.17) is 0 Å². The lowest BCUT2D eigenvalue weighted by Gasteiger charge is -2.37. The van der Waals surface area contributed by atoms with Crippen molar-refractivity contribution in [1.29, 1.82) is 0 Å². The maximum absolute atomic E-state index is 12.3. The van der Waals surface area contributed by atoms with E-state index in [1.807, 2.05) is 6.92 Å². The maximum Gasteiger partial charge on any atom is 0.326 e. The summed E-state index contributed by atoms with van der Waals surface area (Å²) >= 11 is 0. The van der Waals surface area contributed by atoms with Gasteiger partial charge in [0.15, 0.2) is 0 Å². The van der Waals surface area contributed by atoms with E-state index in [-0.39, 0.29) is 12.1 Å². The summed E-state index contributed by atoms with van der Waals surface area (Å²) in [4.78, 5) is 25.2. The fourth-order valence-corrected chi connectivity index (χ4v) is 3.44. The van der Waals surface area contributed by atoms with Gasteiger partial charge in [-0.05, 0) is 37.5 Å². The van der Waals surface area contributed by atoms with E-state index in [1.54, 1.807) is 0 Å². The van der Waals surface area contributed by atoms with Crippen LogP contribution >= 0.6 is 0 Å². The van der Waals surface area contributed by atoms with Gasteiger partial charge in [-0.1, -0.05) is 26.7 Å². The monoisotopic (exact) mass is 282 g/mol. The van der Waals surface area contributed by atoms with E-state index in [9.17, 15) is 14.7 Å². The Kier molecular flexibility index (Phi) is 4.89. The second-order valence-corrected chi connectivity index (χ2v) is 6.60. The minimum atomic E-state index is -0.885. The number of hydrogen-bond acceptors (Lipinski definition) is 2. The zero-order valence-corrected chi connectivity index (χ0v) is 12.5. The summed E-state index contributed by atoms with van der Waals surface area (Å²) in [5.41, 5.74) is 0. The van der Waals surface area contributed by atoms with Gasteiger partial charge in [-0.25, -0.2) is 9.59 Å². The molecule has 2 amide bonds. The van der Waals surface area contributed by atoms with E-state index >= 15 is 0 Å². The average molecular weight is 282 g/mol. The number of nitrogens with zero attached hydrogens (tertiary/aromatic N) is 1. The van der Waals surface area contributed by atoms with Gasteiger partial charge in [0.2, 0.25) is 0 Å². The van der Waals surface area contributed by atoms with Crippen LogP contribution in [-0.4, -0.2) is 40.6 Å². The largest absolute Gasteiger partial charge is 0.480 e. The molecule has 0 aromatic rings. The fraction of sp³-hybridized carbons (Fsp3) is 0.867. The predicted octanol–water partition coefficient (Wildman–Crippen LogP) is 2.46. The lowest BCUT2D eigenvalue weighted by Crippen LogP contribution is -2.55. The van der Waals surface area contributed by atoms with Crippen LogP contribution in [0.15, 0.2) is 0 Å². The van der Waals surface area contributed by atoms with Crippen molar-refractivity contribution >= 4 is 12.0 Å². The molecule has 2 N–H and O–H groups in total. The molecule has 1 saturated carbocycles. The minimum absolute atomic E-state index is 0.191. The van der Waals surface area contributed by atoms with Gasteiger partial charge >= 0.3 is 12.0 Å². The highest BCUT2D eigenvalue weighted by Gasteiger charge is 2.35.